The van der Waals surface area contributed by atoms with Crippen LogP contribution in [0.25, 0.3) is 0 Å². The van der Waals surface area contributed by atoms with Crippen molar-refractivity contribution in [3.8, 4) is 0 Å². The first-order chi connectivity index (χ1) is 13.7. The predicted molar refractivity (Wildman–Crippen MR) is 130 cm³/mol. The average molecular weight is 506 g/mol. The van der Waals surface area contributed by atoms with Crippen molar-refractivity contribution < 1.29 is 4.79 Å². The van der Waals surface area contributed by atoms with Gasteiger partial charge in [0.2, 0.25) is 5.91 Å². The van der Waals surface area contributed by atoms with Crippen LogP contribution < -0.4 is 11.1 Å². The van der Waals surface area contributed by atoms with Crippen molar-refractivity contribution in [1.29, 1.82) is 0 Å². The van der Waals surface area contributed by atoms with Crippen molar-refractivity contribution in [3.63, 3.8) is 0 Å². The number of halogens is 1. The van der Waals surface area contributed by atoms with Gasteiger partial charge in [0.1, 0.15) is 0 Å². The number of nitrogens with one attached hydrogen (secondary N) is 1. The van der Waals surface area contributed by atoms with Gasteiger partial charge in [0.25, 0.3) is 0 Å². The van der Waals surface area contributed by atoms with E-state index < -0.39 is 0 Å². The summed E-state index contributed by atoms with van der Waals surface area (Å²) < 4.78 is 0. The van der Waals surface area contributed by atoms with Gasteiger partial charge in [-0.15, -0.1) is 24.0 Å². The third-order valence-electron chi connectivity index (χ3n) is 5.39. The van der Waals surface area contributed by atoms with E-state index in [0.717, 1.165) is 38.4 Å². The van der Waals surface area contributed by atoms with Crippen LogP contribution in [0.2, 0.25) is 0 Å². The van der Waals surface area contributed by atoms with Crippen LogP contribution >= 0.6 is 24.0 Å². The van der Waals surface area contributed by atoms with Crippen LogP contribution in [0.5, 0.6) is 0 Å². The highest BCUT2D eigenvalue weighted by Crippen LogP contribution is 2.24. The number of likely N-dealkylation sites (tertiary alicyclic amines) is 1. The molecule has 0 radical (unpaired) electrons. The minimum atomic E-state index is -0.219. The molecular formula is C23H31IN4O. The highest BCUT2D eigenvalue weighted by atomic mass is 127. The minimum absolute atomic E-state index is 0. The van der Waals surface area contributed by atoms with Gasteiger partial charge in [-0.05, 0) is 29.9 Å². The van der Waals surface area contributed by atoms with Crippen molar-refractivity contribution >= 4 is 35.8 Å². The molecule has 3 N–H and O–H groups in total. The fourth-order valence-electron chi connectivity index (χ4n) is 4.03. The Balaban J connectivity index is 0.00000300. The van der Waals surface area contributed by atoms with Crippen molar-refractivity contribution in [2.45, 2.75) is 25.2 Å². The molecular weight excluding hydrogens is 475 g/mol. The maximum atomic E-state index is 11.3. The summed E-state index contributed by atoms with van der Waals surface area (Å²) in [6, 6.07) is 21.1. The summed E-state index contributed by atoms with van der Waals surface area (Å²) in [7, 11) is 1.82. The summed E-state index contributed by atoms with van der Waals surface area (Å²) in [5, 5.41) is 3.57. The van der Waals surface area contributed by atoms with Crippen LogP contribution in [0.3, 0.4) is 0 Å². The predicted octanol–water partition coefficient (Wildman–Crippen LogP) is 3.60. The topological polar surface area (TPSA) is 70.7 Å². The maximum Gasteiger partial charge on any atom is 0.217 e. The lowest BCUT2D eigenvalue weighted by Gasteiger charge is -2.35. The van der Waals surface area contributed by atoms with Crippen LogP contribution in [-0.2, 0) is 4.79 Å². The maximum absolute atomic E-state index is 11.3. The summed E-state index contributed by atoms with van der Waals surface area (Å²) in [5.41, 5.74) is 7.96. The molecule has 0 bridgehead atoms. The highest BCUT2D eigenvalue weighted by Gasteiger charge is 2.24. The molecule has 1 atom stereocenters. The van der Waals surface area contributed by atoms with Gasteiger partial charge in [-0.3, -0.25) is 9.79 Å². The molecule has 0 aliphatic carbocycles. The summed E-state index contributed by atoms with van der Waals surface area (Å²) in [5.74, 6) is 1.23. The number of amides is 1. The summed E-state index contributed by atoms with van der Waals surface area (Å²) in [6.07, 6.45) is 2.55. The van der Waals surface area contributed by atoms with Crippen LogP contribution in [0.4, 0.5) is 0 Å². The fraction of sp³-hybridized carbons (Fsp3) is 0.391. The first-order valence-electron chi connectivity index (χ1n) is 10.0. The molecule has 0 aromatic heterocycles. The van der Waals surface area contributed by atoms with Gasteiger partial charge in [-0.1, -0.05) is 60.7 Å². The van der Waals surface area contributed by atoms with Crippen molar-refractivity contribution in [1.82, 2.24) is 10.2 Å². The Labute approximate surface area is 190 Å². The van der Waals surface area contributed by atoms with E-state index in [1.807, 2.05) is 19.2 Å². The molecule has 1 amide bonds. The van der Waals surface area contributed by atoms with E-state index in [0.29, 0.717) is 12.3 Å². The molecule has 1 unspecified atom stereocenters. The summed E-state index contributed by atoms with van der Waals surface area (Å²) >= 11 is 0. The zero-order valence-corrected chi connectivity index (χ0v) is 19.3. The number of rotatable bonds is 6. The monoisotopic (exact) mass is 506 g/mol. The number of nitrogens with two attached hydrogens (primary N) is 1. The van der Waals surface area contributed by atoms with Gasteiger partial charge in [0.05, 0.1) is 0 Å². The molecule has 0 spiro atoms. The van der Waals surface area contributed by atoms with Gasteiger partial charge in [0, 0.05) is 39.0 Å². The largest absolute Gasteiger partial charge is 0.370 e. The smallest absolute Gasteiger partial charge is 0.217 e. The number of nitrogens with zero attached hydrogens (tertiary/aromatic N) is 2. The summed E-state index contributed by atoms with van der Waals surface area (Å²) in [4.78, 5) is 18.1. The van der Waals surface area contributed by atoms with Crippen molar-refractivity contribution in [2.24, 2.45) is 16.6 Å². The third kappa shape index (κ3) is 6.73. The number of primary amides is 1. The average Bonchev–Trinajstić information content (AvgIpc) is 2.72. The Morgan fingerprint density at radius 2 is 1.72 bits per heavy atom. The second-order valence-corrected chi connectivity index (χ2v) is 7.43. The van der Waals surface area contributed by atoms with E-state index in [1.165, 1.54) is 11.1 Å². The molecule has 1 saturated heterocycles. The highest BCUT2D eigenvalue weighted by molar-refractivity contribution is 14.0. The molecule has 156 valence electrons. The lowest BCUT2D eigenvalue weighted by atomic mass is 9.91. The Bertz CT molecular complexity index is 742. The number of hydrogen-bond donors (Lipinski definition) is 2. The number of guanidine groups is 1. The number of aliphatic imine (C=N–C) groups is 1. The lowest BCUT2D eigenvalue weighted by Crippen LogP contribution is -2.48. The first-order valence-corrected chi connectivity index (χ1v) is 10.0. The zero-order chi connectivity index (χ0) is 19.8. The lowest BCUT2D eigenvalue weighted by molar-refractivity contribution is -0.119. The molecule has 1 aliphatic heterocycles. The molecule has 1 heterocycles. The molecule has 1 aliphatic rings. The number of piperidine rings is 1. The molecule has 29 heavy (non-hydrogen) atoms. The van der Waals surface area contributed by atoms with E-state index in [1.54, 1.807) is 0 Å². The quantitative estimate of drug-likeness (QED) is 0.358. The molecule has 2 aromatic rings. The fourth-order valence-corrected chi connectivity index (χ4v) is 4.03. The van der Waals surface area contributed by atoms with Crippen LogP contribution in [-0.4, -0.2) is 43.4 Å². The molecule has 6 heteroatoms. The molecule has 5 nitrogen and oxygen atoms in total. The molecule has 0 saturated carbocycles. The Kier molecular flexibility index (Phi) is 9.44. The van der Waals surface area contributed by atoms with Crippen LogP contribution in [0, 0.1) is 5.92 Å². The van der Waals surface area contributed by atoms with Gasteiger partial charge in [-0.25, -0.2) is 0 Å². The number of carbonyl (C=O) groups excluding carboxylic acids is 1. The van der Waals surface area contributed by atoms with Gasteiger partial charge < -0.3 is 16.0 Å². The van der Waals surface area contributed by atoms with Gasteiger partial charge in [-0.2, -0.15) is 0 Å². The Morgan fingerprint density at radius 3 is 2.24 bits per heavy atom. The van der Waals surface area contributed by atoms with E-state index >= 15 is 0 Å². The van der Waals surface area contributed by atoms with E-state index in [-0.39, 0.29) is 35.8 Å². The zero-order valence-electron chi connectivity index (χ0n) is 17.0. The van der Waals surface area contributed by atoms with Crippen LogP contribution in [0.1, 0.15) is 36.3 Å². The minimum Gasteiger partial charge on any atom is -0.370 e. The van der Waals surface area contributed by atoms with Crippen molar-refractivity contribution in [2.75, 3.05) is 26.7 Å². The second-order valence-electron chi connectivity index (χ2n) is 7.43. The van der Waals surface area contributed by atoms with Crippen LogP contribution in [0.15, 0.2) is 65.7 Å². The molecule has 3 rings (SSSR count). The SMILES string of the molecule is CN=C(NCC(c1ccccc1)c1ccccc1)N1CCCC(CC(N)=O)C1.I. The van der Waals surface area contributed by atoms with E-state index in [4.69, 9.17) is 5.73 Å². The molecule has 2 aromatic carbocycles. The standard InChI is InChI=1S/C23H30N4O.HI/c1-25-23(27-14-8-9-18(17-27)15-22(24)28)26-16-21(19-10-4-2-5-11-19)20-12-6-3-7-13-20;/h2-7,10-13,18,21H,8-9,14-17H2,1H3,(H2,24,28)(H,25,26);1H. The third-order valence-corrected chi connectivity index (χ3v) is 5.39. The first kappa shape index (κ1) is 23.2. The number of benzene rings is 2. The Hall–Kier alpha value is -2.09. The normalized spacial score (nSPS) is 17.0. The van der Waals surface area contributed by atoms with E-state index in [9.17, 15) is 4.79 Å². The van der Waals surface area contributed by atoms with Crippen molar-refractivity contribution in [3.05, 3.63) is 71.8 Å². The van der Waals surface area contributed by atoms with E-state index in [2.05, 4.69) is 63.7 Å². The van der Waals surface area contributed by atoms with Gasteiger partial charge >= 0.3 is 0 Å². The molecule has 1 fully saturated rings. The van der Waals surface area contributed by atoms with Gasteiger partial charge in [0.15, 0.2) is 5.96 Å². The number of carbonyl (C=O) groups is 1. The summed E-state index contributed by atoms with van der Waals surface area (Å²) in [6.45, 7) is 2.54. The Morgan fingerprint density at radius 1 is 1.14 bits per heavy atom. The number of hydrogen-bond acceptors (Lipinski definition) is 2. The second kappa shape index (κ2) is 11.8.